The van der Waals surface area contributed by atoms with E-state index in [4.69, 9.17) is 4.74 Å². The van der Waals surface area contributed by atoms with E-state index >= 15 is 0 Å². The van der Waals surface area contributed by atoms with E-state index in [0.29, 0.717) is 12.5 Å². The molecule has 0 saturated heterocycles. The summed E-state index contributed by atoms with van der Waals surface area (Å²) in [5, 5.41) is 11.5. The van der Waals surface area contributed by atoms with Crippen molar-refractivity contribution in [2.45, 2.75) is 58.2 Å². The summed E-state index contributed by atoms with van der Waals surface area (Å²) >= 11 is 0. The van der Waals surface area contributed by atoms with Crippen LogP contribution in [-0.2, 0) is 13.0 Å². The SMILES string of the molecule is CN=C(NCC(C)Oc1ccccc1)NC1CCc2nc(C(C)C)nn2C1. The Bertz CT molecular complexity index is 755. The zero-order valence-electron chi connectivity index (χ0n) is 16.6. The average Bonchev–Trinajstić information content (AvgIpc) is 3.09. The van der Waals surface area contributed by atoms with E-state index in [9.17, 15) is 0 Å². The Morgan fingerprint density at radius 1 is 1.30 bits per heavy atom. The van der Waals surface area contributed by atoms with Crippen LogP contribution in [0.3, 0.4) is 0 Å². The predicted molar refractivity (Wildman–Crippen MR) is 107 cm³/mol. The molecule has 0 amide bonds. The van der Waals surface area contributed by atoms with E-state index in [0.717, 1.165) is 42.7 Å². The zero-order valence-corrected chi connectivity index (χ0v) is 16.6. The maximum Gasteiger partial charge on any atom is 0.191 e. The van der Waals surface area contributed by atoms with Crippen LogP contribution >= 0.6 is 0 Å². The molecule has 1 aliphatic heterocycles. The lowest BCUT2D eigenvalue weighted by atomic mass is 10.1. The molecule has 2 atom stereocenters. The molecular formula is C20H30N6O. The highest BCUT2D eigenvalue weighted by molar-refractivity contribution is 5.80. The third-order valence-corrected chi connectivity index (χ3v) is 4.59. The monoisotopic (exact) mass is 370 g/mol. The van der Waals surface area contributed by atoms with Gasteiger partial charge in [-0.3, -0.25) is 4.99 Å². The number of aliphatic imine (C=N–C) groups is 1. The third-order valence-electron chi connectivity index (χ3n) is 4.59. The van der Waals surface area contributed by atoms with Crippen LogP contribution in [0.5, 0.6) is 5.75 Å². The molecule has 2 unspecified atom stereocenters. The number of hydrogen-bond acceptors (Lipinski definition) is 4. The first-order valence-electron chi connectivity index (χ1n) is 9.67. The fourth-order valence-electron chi connectivity index (χ4n) is 3.09. The molecule has 2 N–H and O–H groups in total. The van der Waals surface area contributed by atoms with Gasteiger partial charge in [-0.1, -0.05) is 32.0 Å². The van der Waals surface area contributed by atoms with Crippen LogP contribution in [0, 0.1) is 0 Å². The number of para-hydroxylation sites is 1. The van der Waals surface area contributed by atoms with Gasteiger partial charge >= 0.3 is 0 Å². The molecule has 0 bridgehead atoms. The first-order valence-corrected chi connectivity index (χ1v) is 9.67. The first-order chi connectivity index (χ1) is 13.0. The number of nitrogens with one attached hydrogen (secondary N) is 2. The highest BCUT2D eigenvalue weighted by Gasteiger charge is 2.23. The van der Waals surface area contributed by atoms with Gasteiger partial charge in [-0.25, -0.2) is 9.67 Å². The van der Waals surface area contributed by atoms with Crippen molar-refractivity contribution in [3.63, 3.8) is 0 Å². The predicted octanol–water partition coefficient (Wildman–Crippen LogP) is 2.35. The second-order valence-corrected chi connectivity index (χ2v) is 7.30. The molecule has 0 radical (unpaired) electrons. The lowest BCUT2D eigenvalue weighted by molar-refractivity contribution is 0.223. The van der Waals surface area contributed by atoms with Crippen LogP contribution < -0.4 is 15.4 Å². The van der Waals surface area contributed by atoms with Crippen molar-refractivity contribution in [1.29, 1.82) is 0 Å². The van der Waals surface area contributed by atoms with E-state index in [1.807, 2.05) is 41.9 Å². The van der Waals surface area contributed by atoms with Gasteiger partial charge in [0.2, 0.25) is 0 Å². The number of aromatic nitrogens is 3. The minimum absolute atomic E-state index is 0.0350. The lowest BCUT2D eigenvalue weighted by Crippen LogP contribution is -2.48. The van der Waals surface area contributed by atoms with E-state index in [1.54, 1.807) is 7.05 Å². The first kappa shape index (κ1) is 19.2. The van der Waals surface area contributed by atoms with Gasteiger partial charge in [0.1, 0.15) is 17.7 Å². The summed E-state index contributed by atoms with van der Waals surface area (Å²) in [6.07, 6.45) is 1.99. The normalized spacial score (nSPS) is 18.1. The van der Waals surface area contributed by atoms with E-state index < -0.39 is 0 Å². The summed E-state index contributed by atoms with van der Waals surface area (Å²) in [5.74, 6) is 4.04. The second-order valence-electron chi connectivity index (χ2n) is 7.30. The number of guanidine groups is 1. The topological polar surface area (TPSA) is 76.4 Å². The Labute approximate surface area is 161 Å². The Kier molecular flexibility index (Phi) is 6.32. The molecule has 2 heterocycles. The Morgan fingerprint density at radius 3 is 2.78 bits per heavy atom. The van der Waals surface area contributed by atoms with Gasteiger partial charge in [0, 0.05) is 25.4 Å². The summed E-state index contributed by atoms with van der Waals surface area (Å²) in [7, 11) is 1.79. The van der Waals surface area contributed by atoms with Crippen LogP contribution in [0.4, 0.5) is 0 Å². The van der Waals surface area contributed by atoms with Crippen LogP contribution in [0.15, 0.2) is 35.3 Å². The van der Waals surface area contributed by atoms with E-state index in [2.05, 4.69) is 39.6 Å². The number of fused-ring (bicyclic) bond motifs is 1. The lowest BCUT2D eigenvalue weighted by Gasteiger charge is -2.26. The fraction of sp³-hybridized carbons (Fsp3) is 0.550. The van der Waals surface area contributed by atoms with Crippen LogP contribution in [0.25, 0.3) is 0 Å². The maximum atomic E-state index is 5.90. The van der Waals surface area contributed by atoms with Gasteiger partial charge in [0.15, 0.2) is 11.8 Å². The van der Waals surface area contributed by atoms with Gasteiger partial charge in [-0.05, 0) is 25.5 Å². The molecule has 0 aliphatic carbocycles. The van der Waals surface area contributed by atoms with Crippen LogP contribution in [0.1, 0.15) is 44.8 Å². The van der Waals surface area contributed by atoms with Crippen molar-refractivity contribution in [2.75, 3.05) is 13.6 Å². The Balaban J connectivity index is 1.49. The summed E-state index contributed by atoms with van der Waals surface area (Å²) in [5.41, 5.74) is 0. The number of aryl methyl sites for hydroxylation is 1. The quantitative estimate of drug-likeness (QED) is 0.603. The minimum atomic E-state index is 0.0350. The largest absolute Gasteiger partial charge is 0.489 e. The number of nitrogens with zero attached hydrogens (tertiary/aromatic N) is 4. The number of ether oxygens (including phenoxy) is 1. The van der Waals surface area contributed by atoms with Crippen molar-refractivity contribution in [2.24, 2.45) is 4.99 Å². The average molecular weight is 371 g/mol. The molecule has 27 heavy (non-hydrogen) atoms. The maximum absolute atomic E-state index is 5.90. The van der Waals surface area contributed by atoms with Crippen LogP contribution in [-0.4, -0.2) is 46.5 Å². The zero-order chi connectivity index (χ0) is 19.2. The summed E-state index contributed by atoms with van der Waals surface area (Å²) in [4.78, 5) is 8.99. The highest BCUT2D eigenvalue weighted by Crippen LogP contribution is 2.17. The molecule has 1 aromatic carbocycles. The van der Waals surface area contributed by atoms with Crippen LogP contribution in [0.2, 0.25) is 0 Å². The van der Waals surface area contributed by atoms with Crippen molar-refractivity contribution < 1.29 is 4.74 Å². The molecule has 1 aromatic heterocycles. The van der Waals surface area contributed by atoms with Gasteiger partial charge in [0.25, 0.3) is 0 Å². The van der Waals surface area contributed by atoms with Gasteiger partial charge in [0.05, 0.1) is 13.1 Å². The molecular weight excluding hydrogens is 340 g/mol. The molecule has 1 aliphatic rings. The molecule has 7 heteroatoms. The Morgan fingerprint density at radius 2 is 2.07 bits per heavy atom. The number of rotatable bonds is 6. The fourth-order valence-corrected chi connectivity index (χ4v) is 3.09. The van der Waals surface area contributed by atoms with Gasteiger partial charge < -0.3 is 15.4 Å². The van der Waals surface area contributed by atoms with Crippen molar-refractivity contribution in [3.8, 4) is 5.75 Å². The van der Waals surface area contributed by atoms with Crippen molar-refractivity contribution in [3.05, 3.63) is 42.0 Å². The summed E-state index contributed by atoms with van der Waals surface area (Å²) in [6, 6.07) is 10.1. The Hall–Kier alpha value is -2.57. The van der Waals surface area contributed by atoms with E-state index in [1.165, 1.54) is 0 Å². The summed E-state index contributed by atoms with van der Waals surface area (Å²) in [6.45, 7) is 7.78. The highest BCUT2D eigenvalue weighted by atomic mass is 16.5. The standard InChI is InChI=1S/C20H30N6O/c1-14(2)19-24-18-11-10-16(13-26(18)25-19)23-20(21-4)22-12-15(3)27-17-8-6-5-7-9-17/h5-9,14-16H,10-13H2,1-4H3,(H2,21,22,23). The molecule has 2 aromatic rings. The molecule has 146 valence electrons. The summed E-state index contributed by atoms with van der Waals surface area (Å²) < 4.78 is 7.94. The van der Waals surface area contributed by atoms with Crippen molar-refractivity contribution >= 4 is 5.96 Å². The third kappa shape index (κ3) is 5.21. The number of hydrogen-bond donors (Lipinski definition) is 2. The minimum Gasteiger partial charge on any atom is -0.489 e. The second kappa shape index (κ2) is 8.88. The molecule has 0 saturated carbocycles. The molecule has 0 spiro atoms. The van der Waals surface area contributed by atoms with Gasteiger partial charge in [-0.2, -0.15) is 5.10 Å². The van der Waals surface area contributed by atoms with Gasteiger partial charge in [-0.15, -0.1) is 0 Å². The smallest absolute Gasteiger partial charge is 0.191 e. The molecule has 0 fully saturated rings. The molecule has 3 rings (SSSR count). The van der Waals surface area contributed by atoms with E-state index in [-0.39, 0.29) is 12.1 Å². The van der Waals surface area contributed by atoms with Crippen molar-refractivity contribution in [1.82, 2.24) is 25.4 Å². The molecule has 7 nitrogen and oxygen atoms in total. The number of benzene rings is 1.